The molecule has 0 aliphatic carbocycles. The normalized spacial score (nSPS) is 12.0. The molecule has 0 aliphatic heterocycles. The standard InChI is InChI=1S/C3H2Cl6.Li/c4-1(5)3(8,9)2(6)7;/h1-2H;. The first-order valence-electron chi connectivity index (χ1n) is 1.83. The number of alkyl halides is 6. The minimum absolute atomic E-state index is 0. The molecule has 0 aromatic rings. The van der Waals surface area contributed by atoms with Crippen molar-refractivity contribution in [3.63, 3.8) is 0 Å². The van der Waals surface area contributed by atoms with Crippen LogP contribution in [0, 0.1) is 0 Å². The summed E-state index contributed by atoms with van der Waals surface area (Å²) < 4.78 is -1.49. The molecule has 0 nitrogen and oxygen atoms in total. The maximum atomic E-state index is 5.44. The molecule has 0 N–H and O–H groups in total. The van der Waals surface area contributed by atoms with Crippen molar-refractivity contribution >= 4 is 88.5 Å². The van der Waals surface area contributed by atoms with Crippen LogP contribution in [-0.2, 0) is 0 Å². The Morgan fingerprint density at radius 2 is 1.00 bits per heavy atom. The molecule has 0 aliphatic rings. The fourth-order valence-electron chi connectivity index (χ4n) is 0.0952. The Kier molecular flexibility index (Phi) is 8.75. The van der Waals surface area contributed by atoms with Crippen molar-refractivity contribution in [1.29, 1.82) is 0 Å². The van der Waals surface area contributed by atoms with Gasteiger partial charge in [-0.25, -0.2) is 0 Å². The molecule has 7 heteroatoms. The summed E-state index contributed by atoms with van der Waals surface area (Å²) in [5, 5.41) is 0. The van der Waals surface area contributed by atoms with Gasteiger partial charge in [0.2, 0.25) is 0 Å². The molecule has 0 spiro atoms. The molecule has 0 amide bonds. The average Bonchev–Trinajstić information content (AvgIpc) is 1.65. The predicted octanol–water partition coefficient (Wildman–Crippen LogP) is 3.39. The molecule has 0 unspecified atom stereocenters. The predicted molar refractivity (Wildman–Crippen MR) is 51.2 cm³/mol. The fourth-order valence-corrected chi connectivity index (χ4v) is 0.857. The van der Waals surface area contributed by atoms with Crippen molar-refractivity contribution in [2.75, 3.05) is 0 Å². The summed E-state index contributed by atoms with van der Waals surface area (Å²) in [4.78, 5) is -2.00. The van der Waals surface area contributed by atoms with Gasteiger partial charge in [0.05, 0.1) is 0 Å². The molecule has 57 valence electrons. The smallest absolute Gasteiger partial charge is 0.102 e. The molecule has 0 rings (SSSR count). The minimum Gasteiger partial charge on any atom is -0.102 e. The van der Waals surface area contributed by atoms with E-state index in [1.807, 2.05) is 0 Å². The van der Waals surface area contributed by atoms with E-state index in [9.17, 15) is 0 Å². The van der Waals surface area contributed by atoms with Gasteiger partial charge in [-0.3, -0.25) is 0 Å². The molecule has 0 aromatic heterocycles. The molecule has 0 atom stereocenters. The molecule has 0 fully saturated rings. The first kappa shape index (κ1) is 14.8. The van der Waals surface area contributed by atoms with E-state index >= 15 is 0 Å². The fraction of sp³-hybridized carbons (Fsp3) is 1.00. The Morgan fingerprint density at radius 3 is 1.00 bits per heavy atom. The van der Waals surface area contributed by atoms with E-state index in [2.05, 4.69) is 0 Å². The molecule has 0 saturated carbocycles. The second kappa shape index (κ2) is 5.89. The van der Waals surface area contributed by atoms with Gasteiger partial charge in [-0.1, -0.05) is 23.2 Å². The summed E-state index contributed by atoms with van der Waals surface area (Å²) in [6, 6.07) is 0. The quantitative estimate of drug-likeness (QED) is 0.526. The molecule has 0 bridgehead atoms. The average molecular weight is 258 g/mol. The van der Waals surface area contributed by atoms with Crippen LogP contribution < -0.4 is 0 Å². The van der Waals surface area contributed by atoms with Crippen LogP contribution in [0.2, 0.25) is 0 Å². The first-order chi connectivity index (χ1) is 3.89. The van der Waals surface area contributed by atoms with E-state index < -0.39 is 14.0 Å². The Balaban J connectivity index is 0. The van der Waals surface area contributed by atoms with Crippen molar-refractivity contribution in [2.45, 2.75) is 14.0 Å². The number of hydrogen-bond donors (Lipinski definition) is 0. The largest absolute Gasteiger partial charge is 0.177 e. The second-order valence-corrected chi connectivity index (χ2v) is 4.91. The van der Waals surface area contributed by atoms with Crippen molar-refractivity contribution in [3.8, 4) is 0 Å². The van der Waals surface area contributed by atoms with Crippen LogP contribution in [0.5, 0.6) is 0 Å². The summed E-state index contributed by atoms with van der Waals surface area (Å²) >= 11 is 32.1. The van der Waals surface area contributed by atoms with Crippen molar-refractivity contribution in [1.82, 2.24) is 0 Å². The van der Waals surface area contributed by atoms with Gasteiger partial charge in [0.25, 0.3) is 0 Å². The number of halogens is 6. The third-order valence-corrected chi connectivity index (χ3v) is 3.73. The van der Waals surface area contributed by atoms with Gasteiger partial charge in [-0.15, -0.1) is 46.4 Å². The Morgan fingerprint density at radius 1 is 0.800 bits per heavy atom. The van der Waals surface area contributed by atoms with Gasteiger partial charge in [-0.05, 0) is 0 Å². The molecular formula is C3H2Cl6Li. The maximum absolute atomic E-state index is 5.44. The second-order valence-electron chi connectivity index (χ2n) is 1.28. The first-order valence-corrected chi connectivity index (χ1v) is 4.33. The van der Waals surface area contributed by atoms with Crippen LogP contribution in [0.3, 0.4) is 0 Å². The molecular weight excluding hydrogens is 256 g/mol. The van der Waals surface area contributed by atoms with E-state index in [-0.39, 0.29) is 18.9 Å². The van der Waals surface area contributed by atoms with E-state index in [1.54, 1.807) is 0 Å². The molecule has 0 heterocycles. The summed E-state index contributed by atoms with van der Waals surface area (Å²) in [5.41, 5.74) is 0. The van der Waals surface area contributed by atoms with Gasteiger partial charge in [0, 0.05) is 18.9 Å². The van der Waals surface area contributed by atoms with Gasteiger partial charge in [-0.2, -0.15) is 0 Å². The minimum atomic E-state index is -1.49. The zero-order valence-electron chi connectivity index (χ0n) is 4.92. The zero-order valence-corrected chi connectivity index (χ0v) is 9.46. The van der Waals surface area contributed by atoms with E-state index in [4.69, 9.17) is 69.6 Å². The Hall–Kier alpha value is 2.34. The summed E-state index contributed by atoms with van der Waals surface area (Å²) in [6.07, 6.45) is 0. The summed E-state index contributed by atoms with van der Waals surface area (Å²) in [6.45, 7) is 0. The van der Waals surface area contributed by atoms with E-state index in [0.717, 1.165) is 0 Å². The Bertz CT molecular complexity index is 81.0. The molecule has 0 aromatic carbocycles. The van der Waals surface area contributed by atoms with Crippen LogP contribution in [0.4, 0.5) is 0 Å². The summed E-state index contributed by atoms with van der Waals surface area (Å²) in [5.74, 6) is 0. The van der Waals surface area contributed by atoms with Gasteiger partial charge in [0.15, 0.2) is 4.33 Å². The third-order valence-electron chi connectivity index (χ3n) is 0.582. The molecule has 1 radical (unpaired) electrons. The van der Waals surface area contributed by atoms with Gasteiger partial charge < -0.3 is 0 Å². The van der Waals surface area contributed by atoms with Crippen molar-refractivity contribution in [3.05, 3.63) is 0 Å². The monoisotopic (exact) mass is 255 g/mol. The van der Waals surface area contributed by atoms with Crippen LogP contribution in [0.15, 0.2) is 0 Å². The van der Waals surface area contributed by atoms with Crippen LogP contribution in [-0.4, -0.2) is 32.9 Å². The van der Waals surface area contributed by atoms with Gasteiger partial charge in [0.1, 0.15) is 9.67 Å². The zero-order chi connectivity index (χ0) is 7.65. The topological polar surface area (TPSA) is 0 Å². The number of rotatable bonds is 2. The molecule has 0 saturated heterocycles. The van der Waals surface area contributed by atoms with E-state index in [0.29, 0.717) is 0 Å². The van der Waals surface area contributed by atoms with E-state index in [1.165, 1.54) is 0 Å². The van der Waals surface area contributed by atoms with Crippen LogP contribution in [0.1, 0.15) is 0 Å². The third kappa shape index (κ3) is 4.38. The van der Waals surface area contributed by atoms with Crippen molar-refractivity contribution < 1.29 is 0 Å². The van der Waals surface area contributed by atoms with Crippen LogP contribution >= 0.6 is 69.6 Å². The van der Waals surface area contributed by atoms with Crippen molar-refractivity contribution in [2.24, 2.45) is 0 Å². The SMILES string of the molecule is ClC(Cl)C(Cl)(Cl)C(Cl)Cl.[Li]. The molecule has 10 heavy (non-hydrogen) atoms. The maximum Gasteiger partial charge on any atom is 0.177 e. The summed E-state index contributed by atoms with van der Waals surface area (Å²) in [7, 11) is 0. The van der Waals surface area contributed by atoms with Gasteiger partial charge >= 0.3 is 0 Å². The van der Waals surface area contributed by atoms with Crippen LogP contribution in [0.25, 0.3) is 0 Å². The Labute approximate surface area is 102 Å². The number of hydrogen-bond acceptors (Lipinski definition) is 0.